The Morgan fingerprint density at radius 3 is 1.95 bits per heavy atom. The molecular weight excluding hydrogens is 264 g/mol. The zero-order valence-electron chi connectivity index (χ0n) is 12.4. The highest BCUT2D eigenvalue weighted by molar-refractivity contribution is 5.94. The molecule has 0 saturated carbocycles. The minimum absolute atomic E-state index is 0.264. The molecule has 0 aromatic carbocycles. The number of hydrogen-bond donors (Lipinski definition) is 0. The van der Waals surface area contributed by atoms with Crippen LogP contribution in [0.15, 0.2) is 11.6 Å². The summed E-state index contributed by atoms with van der Waals surface area (Å²) in [5.41, 5.74) is 1.00. The van der Waals surface area contributed by atoms with Crippen LogP contribution in [0, 0.1) is 5.92 Å². The highest BCUT2D eigenvalue weighted by Crippen LogP contribution is 2.14. The molecule has 0 spiro atoms. The first-order valence-electron chi connectivity index (χ1n) is 6.34. The normalized spacial score (nSPS) is 11.2. The van der Waals surface area contributed by atoms with E-state index in [1.54, 1.807) is 0 Å². The monoisotopic (exact) mass is 286 g/mol. The quantitative estimate of drug-likeness (QED) is 0.292. The Kier molecular flexibility index (Phi) is 9.07. The lowest BCUT2D eigenvalue weighted by atomic mass is 10.0. The van der Waals surface area contributed by atoms with Crippen LogP contribution in [-0.2, 0) is 28.6 Å². The van der Waals surface area contributed by atoms with E-state index in [1.165, 1.54) is 21.3 Å². The van der Waals surface area contributed by atoms with Crippen molar-refractivity contribution in [3.05, 3.63) is 11.6 Å². The van der Waals surface area contributed by atoms with Crippen LogP contribution in [0.1, 0.15) is 32.6 Å². The molecule has 0 aliphatic rings. The van der Waals surface area contributed by atoms with Gasteiger partial charge in [0.25, 0.3) is 0 Å². The third-order valence-electron chi connectivity index (χ3n) is 2.87. The SMILES string of the molecule is COC(=O)CC/C(C)=C\CCC(C(=O)OC)C(=O)OC. The lowest BCUT2D eigenvalue weighted by Crippen LogP contribution is -2.26. The summed E-state index contributed by atoms with van der Waals surface area (Å²) in [7, 11) is 3.81. The first kappa shape index (κ1) is 18.1. The molecule has 0 radical (unpaired) electrons. The molecular formula is C14H22O6. The van der Waals surface area contributed by atoms with Crippen molar-refractivity contribution in [2.75, 3.05) is 21.3 Å². The van der Waals surface area contributed by atoms with E-state index >= 15 is 0 Å². The van der Waals surface area contributed by atoms with Gasteiger partial charge in [0.1, 0.15) is 0 Å². The number of carbonyl (C=O) groups is 3. The number of hydrogen-bond acceptors (Lipinski definition) is 6. The van der Waals surface area contributed by atoms with E-state index in [0.717, 1.165) is 5.57 Å². The predicted octanol–water partition coefficient (Wildman–Crippen LogP) is 1.63. The molecule has 0 unspecified atom stereocenters. The van der Waals surface area contributed by atoms with Crippen LogP contribution in [0.25, 0.3) is 0 Å². The maximum atomic E-state index is 11.4. The van der Waals surface area contributed by atoms with Crippen molar-refractivity contribution < 1.29 is 28.6 Å². The van der Waals surface area contributed by atoms with Crippen LogP contribution in [0.2, 0.25) is 0 Å². The highest BCUT2D eigenvalue weighted by atomic mass is 16.5. The van der Waals surface area contributed by atoms with E-state index in [9.17, 15) is 14.4 Å². The van der Waals surface area contributed by atoms with Gasteiger partial charge in [-0.25, -0.2) is 0 Å². The van der Waals surface area contributed by atoms with Crippen LogP contribution in [-0.4, -0.2) is 39.2 Å². The van der Waals surface area contributed by atoms with E-state index in [1.807, 2.05) is 13.0 Å². The molecule has 6 nitrogen and oxygen atoms in total. The molecule has 0 amide bonds. The van der Waals surface area contributed by atoms with E-state index in [2.05, 4.69) is 14.2 Å². The van der Waals surface area contributed by atoms with Gasteiger partial charge in [0.15, 0.2) is 5.92 Å². The molecule has 0 heterocycles. The van der Waals surface area contributed by atoms with Crippen molar-refractivity contribution in [1.82, 2.24) is 0 Å². The molecule has 0 saturated heterocycles. The number of esters is 3. The number of rotatable bonds is 8. The summed E-state index contributed by atoms with van der Waals surface area (Å²) in [6, 6.07) is 0. The van der Waals surface area contributed by atoms with Gasteiger partial charge in [0.05, 0.1) is 21.3 Å². The van der Waals surface area contributed by atoms with Crippen LogP contribution in [0.3, 0.4) is 0 Å². The van der Waals surface area contributed by atoms with Crippen molar-refractivity contribution in [2.24, 2.45) is 5.92 Å². The second-order valence-corrected chi connectivity index (χ2v) is 4.30. The Morgan fingerprint density at radius 1 is 0.950 bits per heavy atom. The van der Waals surface area contributed by atoms with Gasteiger partial charge in [-0.2, -0.15) is 0 Å². The van der Waals surface area contributed by atoms with Gasteiger partial charge in [0.2, 0.25) is 0 Å². The summed E-state index contributed by atoms with van der Waals surface area (Å²) in [5.74, 6) is -2.37. The molecule has 0 fully saturated rings. The van der Waals surface area contributed by atoms with Crippen molar-refractivity contribution in [3.8, 4) is 0 Å². The molecule has 20 heavy (non-hydrogen) atoms. The third-order valence-corrected chi connectivity index (χ3v) is 2.87. The van der Waals surface area contributed by atoms with Gasteiger partial charge in [-0.15, -0.1) is 0 Å². The lowest BCUT2D eigenvalue weighted by molar-refractivity contribution is -0.159. The number of carbonyl (C=O) groups excluding carboxylic acids is 3. The smallest absolute Gasteiger partial charge is 0.320 e. The van der Waals surface area contributed by atoms with E-state index in [4.69, 9.17) is 0 Å². The predicted molar refractivity (Wildman–Crippen MR) is 71.8 cm³/mol. The Bertz CT molecular complexity index is 356. The first-order valence-corrected chi connectivity index (χ1v) is 6.34. The van der Waals surface area contributed by atoms with E-state index in [0.29, 0.717) is 25.7 Å². The number of methoxy groups -OCH3 is 3. The van der Waals surface area contributed by atoms with Crippen LogP contribution >= 0.6 is 0 Å². The topological polar surface area (TPSA) is 78.9 Å². The summed E-state index contributed by atoms with van der Waals surface area (Å²) in [6.45, 7) is 1.88. The van der Waals surface area contributed by atoms with Crippen LogP contribution in [0.5, 0.6) is 0 Å². The zero-order chi connectivity index (χ0) is 15.5. The molecule has 0 aromatic rings. The molecule has 0 atom stereocenters. The standard InChI is InChI=1S/C14H22O6/c1-10(8-9-12(15)18-2)6-5-7-11(13(16)19-3)14(17)20-4/h6,11H,5,7-9H2,1-4H3/b10-6-. The second kappa shape index (κ2) is 10.00. The van der Waals surface area contributed by atoms with Crippen molar-refractivity contribution >= 4 is 17.9 Å². The maximum absolute atomic E-state index is 11.4. The van der Waals surface area contributed by atoms with E-state index < -0.39 is 17.9 Å². The largest absolute Gasteiger partial charge is 0.469 e. The maximum Gasteiger partial charge on any atom is 0.320 e. The Hall–Kier alpha value is -1.85. The molecule has 114 valence electrons. The van der Waals surface area contributed by atoms with Crippen molar-refractivity contribution in [3.63, 3.8) is 0 Å². The summed E-state index contributed by atoms with van der Waals surface area (Å²) in [4.78, 5) is 33.9. The summed E-state index contributed by atoms with van der Waals surface area (Å²) >= 11 is 0. The van der Waals surface area contributed by atoms with Crippen molar-refractivity contribution in [2.45, 2.75) is 32.6 Å². The fourth-order valence-electron chi connectivity index (χ4n) is 1.62. The van der Waals surface area contributed by atoms with Gasteiger partial charge in [0, 0.05) is 6.42 Å². The average Bonchev–Trinajstić information content (AvgIpc) is 2.47. The second-order valence-electron chi connectivity index (χ2n) is 4.30. The third kappa shape index (κ3) is 6.92. The van der Waals surface area contributed by atoms with Gasteiger partial charge in [-0.05, 0) is 26.2 Å². The molecule has 0 aliphatic carbocycles. The highest BCUT2D eigenvalue weighted by Gasteiger charge is 2.27. The van der Waals surface area contributed by atoms with Gasteiger partial charge >= 0.3 is 17.9 Å². The fourth-order valence-corrected chi connectivity index (χ4v) is 1.62. The summed E-state index contributed by atoms with van der Waals surface area (Å²) < 4.78 is 13.7. The molecule has 0 rings (SSSR count). The van der Waals surface area contributed by atoms with E-state index in [-0.39, 0.29) is 5.97 Å². The zero-order valence-corrected chi connectivity index (χ0v) is 12.4. The molecule has 0 aliphatic heterocycles. The Morgan fingerprint density at radius 2 is 1.50 bits per heavy atom. The summed E-state index contributed by atoms with van der Waals surface area (Å²) in [5, 5.41) is 0. The van der Waals surface area contributed by atoms with Gasteiger partial charge in [-0.3, -0.25) is 14.4 Å². The average molecular weight is 286 g/mol. The minimum atomic E-state index is -0.908. The van der Waals surface area contributed by atoms with Crippen molar-refractivity contribution in [1.29, 1.82) is 0 Å². The van der Waals surface area contributed by atoms with Crippen LogP contribution < -0.4 is 0 Å². The molecule has 6 heteroatoms. The molecule has 0 aromatic heterocycles. The van der Waals surface area contributed by atoms with Gasteiger partial charge in [-0.1, -0.05) is 11.6 Å². The number of allylic oxidation sites excluding steroid dienone is 2. The minimum Gasteiger partial charge on any atom is -0.469 e. The van der Waals surface area contributed by atoms with Crippen LogP contribution in [0.4, 0.5) is 0 Å². The summed E-state index contributed by atoms with van der Waals surface area (Å²) in [6.07, 6.45) is 3.64. The number of ether oxygens (including phenoxy) is 3. The molecule has 0 N–H and O–H groups in total. The fraction of sp³-hybridized carbons (Fsp3) is 0.643. The Balaban J connectivity index is 4.31. The Labute approximate surface area is 119 Å². The van der Waals surface area contributed by atoms with Gasteiger partial charge < -0.3 is 14.2 Å². The lowest BCUT2D eigenvalue weighted by Gasteiger charge is -2.11. The molecule has 0 bridgehead atoms. The first-order chi connectivity index (χ1) is 9.46.